The predicted octanol–water partition coefficient (Wildman–Crippen LogP) is 2.32. The quantitative estimate of drug-likeness (QED) is 0.857. The lowest BCUT2D eigenvalue weighted by Crippen LogP contribution is -2.11. The maximum Gasteiger partial charge on any atom is 0.0886 e. The topological polar surface area (TPSA) is 42.7 Å². The molecule has 1 aliphatic rings. The number of benzene rings is 1. The molecule has 4 nitrogen and oxygen atoms in total. The summed E-state index contributed by atoms with van der Waals surface area (Å²) >= 11 is 0. The van der Waals surface area contributed by atoms with Gasteiger partial charge in [0.05, 0.1) is 11.9 Å². The van der Waals surface area contributed by atoms with Crippen LogP contribution < -0.4 is 5.32 Å². The number of nitrogens with one attached hydrogen (secondary N) is 1. The molecule has 1 aromatic heterocycles. The lowest BCUT2D eigenvalue weighted by molar-refractivity contribution is 0.632. The van der Waals surface area contributed by atoms with Gasteiger partial charge in [-0.2, -0.15) is 0 Å². The Balaban J connectivity index is 2.04. The van der Waals surface area contributed by atoms with Crippen molar-refractivity contribution in [1.82, 2.24) is 15.0 Å². The van der Waals surface area contributed by atoms with Gasteiger partial charge in [-0.25, -0.2) is 4.68 Å². The van der Waals surface area contributed by atoms with Crippen LogP contribution >= 0.6 is 0 Å². The number of nitrogens with zero attached hydrogens (tertiary/aromatic N) is 3. The molecule has 1 N–H and O–H groups in total. The summed E-state index contributed by atoms with van der Waals surface area (Å²) in [7, 11) is 0. The maximum atomic E-state index is 4.07. The number of hydrogen-bond acceptors (Lipinski definition) is 3. The molecule has 88 valence electrons. The van der Waals surface area contributed by atoms with Crippen molar-refractivity contribution >= 4 is 5.69 Å². The summed E-state index contributed by atoms with van der Waals surface area (Å²) in [6, 6.07) is 6.58. The predicted molar refractivity (Wildman–Crippen MR) is 67.9 cm³/mol. The van der Waals surface area contributed by atoms with E-state index in [1.54, 1.807) is 0 Å². The fourth-order valence-corrected chi connectivity index (χ4v) is 2.34. The van der Waals surface area contributed by atoms with Crippen molar-refractivity contribution in [3.05, 3.63) is 30.0 Å². The minimum absolute atomic E-state index is 0.847. The number of aryl methyl sites for hydroxylation is 2. The van der Waals surface area contributed by atoms with Crippen LogP contribution in [0.1, 0.15) is 18.9 Å². The van der Waals surface area contributed by atoms with Gasteiger partial charge in [0.25, 0.3) is 0 Å². The van der Waals surface area contributed by atoms with Gasteiger partial charge < -0.3 is 5.32 Å². The molecular formula is C13H16N4. The molecule has 1 aliphatic heterocycles. The molecule has 17 heavy (non-hydrogen) atoms. The van der Waals surface area contributed by atoms with Crippen LogP contribution in [0.2, 0.25) is 0 Å². The second kappa shape index (κ2) is 4.20. The van der Waals surface area contributed by atoms with Gasteiger partial charge in [0.2, 0.25) is 0 Å². The molecular weight excluding hydrogens is 212 g/mol. The van der Waals surface area contributed by atoms with Crippen LogP contribution in [0.25, 0.3) is 11.3 Å². The number of fused-ring (bicyclic) bond motifs is 1. The molecule has 0 saturated carbocycles. The summed E-state index contributed by atoms with van der Waals surface area (Å²) in [6.45, 7) is 4.00. The summed E-state index contributed by atoms with van der Waals surface area (Å²) in [5.74, 6) is 0. The first-order valence-electron chi connectivity index (χ1n) is 6.14. The fraction of sp³-hybridized carbons (Fsp3) is 0.385. The Morgan fingerprint density at radius 2 is 2.35 bits per heavy atom. The van der Waals surface area contributed by atoms with Crippen LogP contribution in [-0.2, 0) is 13.0 Å². The molecule has 1 aromatic carbocycles. The monoisotopic (exact) mass is 228 g/mol. The molecule has 2 heterocycles. The van der Waals surface area contributed by atoms with E-state index in [9.17, 15) is 0 Å². The van der Waals surface area contributed by atoms with Crippen molar-refractivity contribution in [1.29, 1.82) is 0 Å². The largest absolute Gasteiger partial charge is 0.385 e. The third-order valence-corrected chi connectivity index (χ3v) is 3.26. The van der Waals surface area contributed by atoms with Crippen LogP contribution in [-0.4, -0.2) is 21.5 Å². The third kappa shape index (κ3) is 1.79. The molecule has 0 atom stereocenters. The standard InChI is InChI=1S/C13H16N4/c1-2-17-13(9-15-16-17)11-6-5-10-4-3-7-14-12(10)8-11/h5-6,8-9,14H,2-4,7H2,1H3. The van der Waals surface area contributed by atoms with E-state index in [2.05, 4.69) is 40.8 Å². The Morgan fingerprint density at radius 3 is 3.24 bits per heavy atom. The van der Waals surface area contributed by atoms with Gasteiger partial charge in [-0.3, -0.25) is 0 Å². The zero-order chi connectivity index (χ0) is 11.7. The molecule has 0 fully saturated rings. The van der Waals surface area contributed by atoms with E-state index in [0.29, 0.717) is 0 Å². The van der Waals surface area contributed by atoms with E-state index >= 15 is 0 Å². The second-order valence-electron chi connectivity index (χ2n) is 4.34. The average molecular weight is 228 g/mol. The van der Waals surface area contributed by atoms with Crippen molar-refractivity contribution in [3.63, 3.8) is 0 Å². The van der Waals surface area contributed by atoms with Crippen molar-refractivity contribution < 1.29 is 0 Å². The van der Waals surface area contributed by atoms with Gasteiger partial charge >= 0.3 is 0 Å². The highest BCUT2D eigenvalue weighted by Crippen LogP contribution is 2.28. The number of hydrogen-bond donors (Lipinski definition) is 1. The molecule has 0 spiro atoms. The van der Waals surface area contributed by atoms with Crippen LogP contribution in [0.5, 0.6) is 0 Å². The Bertz CT molecular complexity index is 530. The second-order valence-corrected chi connectivity index (χ2v) is 4.34. The zero-order valence-corrected chi connectivity index (χ0v) is 9.98. The third-order valence-electron chi connectivity index (χ3n) is 3.26. The smallest absolute Gasteiger partial charge is 0.0886 e. The molecule has 0 radical (unpaired) electrons. The highest BCUT2D eigenvalue weighted by atomic mass is 15.4. The van der Waals surface area contributed by atoms with E-state index in [4.69, 9.17) is 0 Å². The Kier molecular flexibility index (Phi) is 2.55. The van der Waals surface area contributed by atoms with Crippen molar-refractivity contribution in [2.24, 2.45) is 0 Å². The van der Waals surface area contributed by atoms with E-state index in [-0.39, 0.29) is 0 Å². The Hall–Kier alpha value is -1.84. The van der Waals surface area contributed by atoms with Crippen LogP contribution in [0.3, 0.4) is 0 Å². The summed E-state index contributed by atoms with van der Waals surface area (Å²) in [6.07, 6.45) is 4.22. The van der Waals surface area contributed by atoms with Crippen LogP contribution in [0, 0.1) is 0 Å². The fourth-order valence-electron chi connectivity index (χ4n) is 2.34. The minimum Gasteiger partial charge on any atom is -0.385 e. The van der Waals surface area contributed by atoms with Crippen molar-refractivity contribution in [2.45, 2.75) is 26.3 Å². The molecule has 3 rings (SSSR count). The van der Waals surface area contributed by atoms with Gasteiger partial charge in [-0.05, 0) is 31.4 Å². The number of aromatic nitrogens is 3. The van der Waals surface area contributed by atoms with Crippen molar-refractivity contribution in [3.8, 4) is 11.3 Å². The van der Waals surface area contributed by atoms with Gasteiger partial charge in [0.15, 0.2) is 0 Å². The first-order chi connectivity index (χ1) is 8.38. The molecule has 0 aliphatic carbocycles. The van der Waals surface area contributed by atoms with Gasteiger partial charge in [-0.15, -0.1) is 5.10 Å². The molecule has 0 bridgehead atoms. The molecule has 2 aromatic rings. The summed E-state index contributed by atoms with van der Waals surface area (Å²) < 4.78 is 1.92. The van der Waals surface area contributed by atoms with Gasteiger partial charge in [0, 0.05) is 24.3 Å². The zero-order valence-electron chi connectivity index (χ0n) is 9.98. The van der Waals surface area contributed by atoms with Crippen LogP contribution in [0.4, 0.5) is 5.69 Å². The molecule has 0 saturated heterocycles. The SMILES string of the molecule is CCn1nncc1-c1ccc2c(c1)NCCC2. The molecule has 0 unspecified atom stereocenters. The highest BCUT2D eigenvalue weighted by Gasteiger charge is 2.11. The van der Waals surface area contributed by atoms with E-state index in [1.165, 1.54) is 29.7 Å². The minimum atomic E-state index is 0.847. The lowest BCUT2D eigenvalue weighted by Gasteiger charge is -2.18. The average Bonchev–Trinajstić information content (AvgIpc) is 2.86. The first-order valence-corrected chi connectivity index (χ1v) is 6.14. The lowest BCUT2D eigenvalue weighted by atomic mass is 10.0. The van der Waals surface area contributed by atoms with Crippen molar-refractivity contribution in [2.75, 3.05) is 11.9 Å². The van der Waals surface area contributed by atoms with Gasteiger partial charge in [-0.1, -0.05) is 17.3 Å². The van der Waals surface area contributed by atoms with Gasteiger partial charge in [0.1, 0.15) is 0 Å². The van der Waals surface area contributed by atoms with E-state index < -0.39 is 0 Å². The Labute approximate surface area is 101 Å². The molecule has 4 heteroatoms. The normalized spacial score (nSPS) is 14.2. The summed E-state index contributed by atoms with van der Waals surface area (Å²) in [5.41, 5.74) is 4.95. The van der Waals surface area contributed by atoms with E-state index in [1.807, 2.05) is 10.9 Å². The first kappa shape index (κ1) is 10.3. The van der Waals surface area contributed by atoms with E-state index in [0.717, 1.165) is 18.8 Å². The summed E-state index contributed by atoms with van der Waals surface area (Å²) in [4.78, 5) is 0. The molecule has 0 amide bonds. The van der Waals surface area contributed by atoms with Crippen LogP contribution in [0.15, 0.2) is 24.4 Å². The number of anilines is 1. The highest BCUT2D eigenvalue weighted by molar-refractivity contribution is 5.68. The number of rotatable bonds is 2. The summed E-state index contributed by atoms with van der Waals surface area (Å²) in [5, 5.41) is 11.5. The maximum absolute atomic E-state index is 4.07. The Morgan fingerprint density at radius 1 is 1.41 bits per heavy atom.